The third-order valence-corrected chi connectivity index (χ3v) is 5.29. The molecule has 0 aliphatic heterocycles. The number of hydrogen-bond acceptors (Lipinski definition) is 5. The van der Waals surface area contributed by atoms with Crippen LogP contribution in [0.2, 0.25) is 0 Å². The van der Waals surface area contributed by atoms with Gasteiger partial charge in [0.05, 0.1) is 11.3 Å². The number of nitrogens with zero attached hydrogens (tertiary/aromatic N) is 1. The molecule has 2 aromatic rings. The van der Waals surface area contributed by atoms with Gasteiger partial charge in [0.25, 0.3) is 10.0 Å². The summed E-state index contributed by atoms with van der Waals surface area (Å²) in [4.78, 5) is 13.1. The van der Waals surface area contributed by atoms with Crippen molar-refractivity contribution in [3.05, 3.63) is 45.2 Å². The van der Waals surface area contributed by atoms with Crippen LogP contribution in [0, 0.1) is 18.3 Å². The number of nitrogens with one attached hydrogen (secondary N) is 2. The SMILES string of the molecule is Cc1[nH]c(=O)sc1S(=O)(=O)Nc1ccccc1C#N. The highest BCUT2D eigenvalue weighted by atomic mass is 32.2. The summed E-state index contributed by atoms with van der Waals surface area (Å²) in [6.07, 6.45) is 0. The van der Waals surface area contributed by atoms with Crippen LogP contribution < -0.4 is 9.60 Å². The summed E-state index contributed by atoms with van der Waals surface area (Å²) >= 11 is 0.610. The van der Waals surface area contributed by atoms with Gasteiger partial charge in [0.15, 0.2) is 4.21 Å². The normalized spacial score (nSPS) is 10.9. The van der Waals surface area contributed by atoms with Crippen LogP contribution in [0.15, 0.2) is 33.3 Å². The van der Waals surface area contributed by atoms with Crippen molar-refractivity contribution >= 4 is 27.0 Å². The van der Waals surface area contributed by atoms with E-state index in [-0.39, 0.29) is 21.2 Å². The van der Waals surface area contributed by atoms with Crippen LogP contribution in [0.5, 0.6) is 0 Å². The molecule has 0 radical (unpaired) electrons. The molecule has 2 N–H and O–H groups in total. The number of thiazole rings is 1. The van der Waals surface area contributed by atoms with Crippen LogP contribution in [-0.4, -0.2) is 13.4 Å². The molecule has 0 aliphatic rings. The van der Waals surface area contributed by atoms with Gasteiger partial charge in [-0.25, -0.2) is 8.42 Å². The van der Waals surface area contributed by atoms with Gasteiger partial charge in [0.2, 0.25) is 0 Å². The minimum Gasteiger partial charge on any atom is -0.315 e. The van der Waals surface area contributed by atoms with Gasteiger partial charge in [0.1, 0.15) is 6.07 Å². The van der Waals surface area contributed by atoms with Crippen molar-refractivity contribution in [1.29, 1.82) is 5.26 Å². The quantitative estimate of drug-likeness (QED) is 0.893. The van der Waals surface area contributed by atoms with Crippen molar-refractivity contribution in [2.75, 3.05) is 4.72 Å². The number of H-pyrrole nitrogens is 1. The van der Waals surface area contributed by atoms with E-state index in [9.17, 15) is 13.2 Å². The summed E-state index contributed by atoms with van der Waals surface area (Å²) in [6.45, 7) is 1.50. The second-order valence-corrected chi connectivity index (χ2v) is 6.55. The number of nitriles is 1. The van der Waals surface area contributed by atoms with Crippen molar-refractivity contribution in [2.45, 2.75) is 11.1 Å². The average Bonchev–Trinajstić information content (AvgIpc) is 2.69. The fraction of sp³-hybridized carbons (Fsp3) is 0.0909. The molecule has 0 bridgehead atoms. The molecule has 0 atom stereocenters. The summed E-state index contributed by atoms with van der Waals surface area (Å²) < 4.78 is 26.5. The molecule has 0 unspecified atom stereocenters. The molecular weight excluding hydrogens is 286 g/mol. The van der Waals surface area contributed by atoms with Gasteiger partial charge >= 0.3 is 4.87 Å². The van der Waals surface area contributed by atoms with Gasteiger partial charge in [-0.3, -0.25) is 9.52 Å². The molecule has 1 aromatic heterocycles. The van der Waals surface area contributed by atoms with Crippen LogP contribution in [0.4, 0.5) is 5.69 Å². The third kappa shape index (κ3) is 2.67. The summed E-state index contributed by atoms with van der Waals surface area (Å²) in [5, 5.41) is 8.91. The Balaban J connectivity index is 2.46. The van der Waals surface area contributed by atoms with Crippen molar-refractivity contribution in [2.24, 2.45) is 0 Å². The number of rotatable bonds is 3. The maximum atomic E-state index is 12.1. The molecule has 8 heteroatoms. The zero-order valence-electron chi connectivity index (χ0n) is 9.80. The molecule has 0 saturated carbocycles. The third-order valence-electron chi connectivity index (χ3n) is 2.32. The lowest BCUT2D eigenvalue weighted by Gasteiger charge is -2.07. The predicted octanol–water partition coefficient (Wildman–Crippen LogP) is 1.42. The van der Waals surface area contributed by atoms with Crippen LogP contribution in [0.25, 0.3) is 0 Å². The molecule has 1 heterocycles. The van der Waals surface area contributed by atoms with Gasteiger partial charge in [0, 0.05) is 5.69 Å². The second-order valence-electron chi connectivity index (χ2n) is 3.69. The number of benzene rings is 1. The Hall–Kier alpha value is -2.11. The Morgan fingerprint density at radius 1 is 1.37 bits per heavy atom. The van der Waals surface area contributed by atoms with E-state index >= 15 is 0 Å². The van der Waals surface area contributed by atoms with E-state index in [0.29, 0.717) is 11.3 Å². The molecule has 2 rings (SSSR count). The number of aryl methyl sites for hydroxylation is 1. The Morgan fingerprint density at radius 2 is 2.05 bits per heavy atom. The lowest BCUT2D eigenvalue weighted by molar-refractivity contribution is 0.602. The zero-order valence-corrected chi connectivity index (χ0v) is 11.4. The topological polar surface area (TPSA) is 103 Å². The van der Waals surface area contributed by atoms with E-state index < -0.39 is 14.9 Å². The minimum absolute atomic E-state index is 0.0785. The lowest BCUT2D eigenvalue weighted by atomic mass is 10.2. The number of para-hydroxylation sites is 1. The number of anilines is 1. The van der Waals surface area contributed by atoms with Crippen molar-refractivity contribution < 1.29 is 8.42 Å². The van der Waals surface area contributed by atoms with Crippen molar-refractivity contribution in [1.82, 2.24) is 4.98 Å². The first kappa shape index (κ1) is 13.3. The van der Waals surface area contributed by atoms with E-state index in [1.807, 2.05) is 6.07 Å². The number of sulfonamides is 1. The Bertz CT molecular complexity index is 812. The van der Waals surface area contributed by atoms with Gasteiger partial charge < -0.3 is 4.98 Å². The Morgan fingerprint density at radius 3 is 2.63 bits per heavy atom. The van der Waals surface area contributed by atoms with Crippen molar-refractivity contribution in [3.8, 4) is 6.07 Å². The summed E-state index contributed by atoms with van der Waals surface area (Å²) in [5.74, 6) is 0. The molecule has 1 aromatic carbocycles. The standard InChI is InChI=1S/C11H9N3O3S2/c1-7-10(18-11(15)13-7)19(16,17)14-9-5-3-2-4-8(9)6-12/h2-5,14H,1H3,(H,13,15). The van der Waals surface area contributed by atoms with Gasteiger partial charge in [-0.2, -0.15) is 5.26 Å². The van der Waals surface area contributed by atoms with E-state index in [4.69, 9.17) is 5.26 Å². The number of aromatic amines is 1. The number of hydrogen-bond donors (Lipinski definition) is 2. The van der Waals surface area contributed by atoms with E-state index in [1.165, 1.54) is 19.1 Å². The molecule has 0 spiro atoms. The fourth-order valence-electron chi connectivity index (χ4n) is 1.51. The fourth-order valence-corrected chi connectivity index (χ4v) is 3.89. The van der Waals surface area contributed by atoms with Crippen LogP contribution >= 0.6 is 11.3 Å². The summed E-state index contributed by atoms with van der Waals surface area (Å²) in [5.41, 5.74) is 0.675. The molecule has 0 saturated heterocycles. The summed E-state index contributed by atoms with van der Waals surface area (Å²) in [6, 6.07) is 8.14. The van der Waals surface area contributed by atoms with Crippen molar-refractivity contribution in [3.63, 3.8) is 0 Å². The first-order valence-corrected chi connectivity index (χ1v) is 7.45. The molecular formula is C11H9N3O3S2. The maximum absolute atomic E-state index is 12.1. The molecule has 98 valence electrons. The molecule has 19 heavy (non-hydrogen) atoms. The first-order chi connectivity index (χ1) is 8.94. The highest BCUT2D eigenvalue weighted by molar-refractivity contribution is 7.94. The Kier molecular flexibility index (Phi) is 3.42. The van der Waals surface area contributed by atoms with Crippen LogP contribution in [0.3, 0.4) is 0 Å². The molecule has 6 nitrogen and oxygen atoms in total. The highest BCUT2D eigenvalue weighted by Crippen LogP contribution is 2.22. The van der Waals surface area contributed by atoms with Crippen LogP contribution in [-0.2, 0) is 10.0 Å². The van der Waals surface area contributed by atoms with Gasteiger partial charge in [-0.15, -0.1) is 0 Å². The highest BCUT2D eigenvalue weighted by Gasteiger charge is 2.21. The predicted molar refractivity (Wildman–Crippen MR) is 71.6 cm³/mol. The van der Waals surface area contributed by atoms with Crippen LogP contribution in [0.1, 0.15) is 11.3 Å². The Labute approximate surface area is 113 Å². The van der Waals surface area contributed by atoms with E-state index in [2.05, 4.69) is 9.71 Å². The maximum Gasteiger partial charge on any atom is 0.306 e. The van der Waals surface area contributed by atoms with Gasteiger partial charge in [-0.05, 0) is 19.1 Å². The molecule has 0 fully saturated rings. The van der Waals surface area contributed by atoms with E-state index in [1.54, 1.807) is 12.1 Å². The zero-order chi connectivity index (χ0) is 14.0. The largest absolute Gasteiger partial charge is 0.315 e. The van der Waals surface area contributed by atoms with Gasteiger partial charge in [-0.1, -0.05) is 23.5 Å². The summed E-state index contributed by atoms with van der Waals surface area (Å²) in [7, 11) is -3.87. The molecule has 0 aliphatic carbocycles. The second kappa shape index (κ2) is 4.87. The minimum atomic E-state index is -3.87. The smallest absolute Gasteiger partial charge is 0.306 e. The molecule has 0 amide bonds. The number of aromatic nitrogens is 1. The first-order valence-electron chi connectivity index (χ1n) is 5.15. The monoisotopic (exact) mass is 295 g/mol. The lowest BCUT2D eigenvalue weighted by Crippen LogP contribution is -2.13. The average molecular weight is 295 g/mol. The van der Waals surface area contributed by atoms with E-state index in [0.717, 1.165) is 0 Å².